The Bertz CT molecular complexity index is 385. The van der Waals surface area contributed by atoms with E-state index in [9.17, 15) is 0 Å². The van der Waals surface area contributed by atoms with Crippen molar-refractivity contribution in [2.24, 2.45) is 5.73 Å². The Morgan fingerprint density at radius 1 is 1.54 bits per heavy atom. The SMILES string of the molecule is NC(c1cscn1)c1ccc(Cl)o1. The van der Waals surface area contributed by atoms with Crippen LogP contribution in [-0.4, -0.2) is 4.98 Å². The van der Waals surface area contributed by atoms with E-state index in [2.05, 4.69) is 4.98 Å². The van der Waals surface area contributed by atoms with Gasteiger partial charge in [0.2, 0.25) is 0 Å². The number of furan rings is 1. The van der Waals surface area contributed by atoms with Gasteiger partial charge in [0.05, 0.1) is 11.2 Å². The van der Waals surface area contributed by atoms with Crippen molar-refractivity contribution in [2.45, 2.75) is 6.04 Å². The summed E-state index contributed by atoms with van der Waals surface area (Å²) in [6.07, 6.45) is 0. The Morgan fingerprint density at radius 2 is 2.38 bits per heavy atom. The second kappa shape index (κ2) is 3.49. The molecular formula is C8H7ClN2OS. The zero-order valence-electron chi connectivity index (χ0n) is 6.61. The topological polar surface area (TPSA) is 52.0 Å². The summed E-state index contributed by atoms with van der Waals surface area (Å²) in [7, 11) is 0. The fraction of sp³-hybridized carbons (Fsp3) is 0.125. The minimum atomic E-state index is -0.321. The van der Waals surface area contributed by atoms with Crippen LogP contribution >= 0.6 is 22.9 Å². The molecule has 0 radical (unpaired) electrons. The maximum atomic E-state index is 5.87. The maximum absolute atomic E-state index is 5.87. The lowest BCUT2D eigenvalue weighted by Crippen LogP contribution is -2.10. The minimum Gasteiger partial charge on any atom is -0.448 e. The van der Waals surface area contributed by atoms with Gasteiger partial charge in [0.15, 0.2) is 5.22 Å². The molecule has 0 spiro atoms. The van der Waals surface area contributed by atoms with Crippen molar-refractivity contribution in [3.8, 4) is 0 Å². The molecule has 2 N–H and O–H groups in total. The van der Waals surface area contributed by atoms with E-state index in [1.165, 1.54) is 11.3 Å². The first-order valence-corrected chi connectivity index (χ1v) is 4.98. The number of nitrogens with zero attached hydrogens (tertiary/aromatic N) is 1. The van der Waals surface area contributed by atoms with Crippen LogP contribution in [0.5, 0.6) is 0 Å². The molecule has 2 aromatic rings. The van der Waals surface area contributed by atoms with E-state index >= 15 is 0 Å². The Morgan fingerprint density at radius 3 is 2.92 bits per heavy atom. The molecule has 0 aromatic carbocycles. The van der Waals surface area contributed by atoms with Crippen molar-refractivity contribution < 1.29 is 4.42 Å². The summed E-state index contributed by atoms with van der Waals surface area (Å²) in [5.41, 5.74) is 8.40. The monoisotopic (exact) mass is 214 g/mol. The third-order valence-corrected chi connectivity index (χ3v) is 2.48. The fourth-order valence-electron chi connectivity index (χ4n) is 1.02. The van der Waals surface area contributed by atoms with Crippen molar-refractivity contribution in [3.63, 3.8) is 0 Å². The van der Waals surface area contributed by atoms with Gasteiger partial charge in [0, 0.05) is 5.38 Å². The first-order chi connectivity index (χ1) is 6.27. The maximum Gasteiger partial charge on any atom is 0.193 e. The average Bonchev–Trinajstić information content (AvgIpc) is 2.72. The Hall–Kier alpha value is -0.840. The highest BCUT2D eigenvalue weighted by atomic mass is 35.5. The zero-order valence-corrected chi connectivity index (χ0v) is 8.18. The first kappa shape index (κ1) is 8.74. The molecule has 3 nitrogen and oxygen atoms in total. The van der Waals surface area contributed by atoms with Crippen molar-refractivity contribution in [1.29, 1.82) is 0 Å². The molecule has 1 unspecified atom stereocenters. The van der Waals surface area contributed by atoms with Gasteiger partial charge >= 0.3 is 0 Å². The molecule has 0 aliphatic heterocycles. The lowest BCUT2D eigenvalue weighted by Gasteiger charge is -2.03. The summed E-state index contributed by atoms with van der Waals surface area (Å²) < 4.78 is 5.17. The van der Waals surface area contributed by atoms with Crippen molar-refractivity contribution in [3.05, 3.63) is 39.7 Å². The molecular weight excluding hydrogens is 208 g/mol. The molecule has 5 heteroatoms. The number of nitrogens with two attached hydrogens (primary N) is 1. The summed E-state index contributed by atoms with van der Waals surface area (Å²) in [6, 6.07) is 3.11. The zero-order chi connectivity index (χ0) is 9.26. The number of hydrogen-bond acceptors (Lipinski definition) is 4. The number of aromatic nitrogens is 1. The molecule has 13 heavy (non-hydrogen) atoms. The largest absolute Gasteiger partial charge is 0.448 e. The van der Waals surface area contributed by atoms with E-state index in [0.717, 1.165) is 5.69 Å². The van der Waals surface area contributed by atoms with Gasteiger partial charge in [-0.25, -0.2) is 4.98 Å². The van der Waals surface area contributed by atoms with Crippen LogP contribution in [0, 0.1) is 0 Å². The van der Waals surface area contributed by atoms with Gasteiger partial charge in [0.25, 0.3) is 0 Å². The third-order valence-electron chi connectivity index (χ3n) is 1.67. The standard InChI is InChI=1S/C8H7ClN2OS/c9-7-2-1-6(12-7)8(10)5-3-13-4-11-5/h1-4,8H,10H2. The number of rotatable bonds is 2. The van der Waals surface area contributed by atoms with E-state index in [1.54, 1.807) is 17.6 Å². The van der Waals surface area contributed by atoms with Crippen LogP contribution in [0.2, 0.25) is 5.22 Å². The van der Waals surface area contributed by atoms with Gasteiger partial charge in [-0.05, 0) is 23.7 Å². The molecule has 2 aromatic heterocycles. The Labute approximate surface area is 84.2 Å². The van der Waals surface area contributed by atoms with E-state index in [4.69, 9.17) is 21.8 Å². The average molecular weight is 215 g/mol. The third kappa shape index (κ3) is 1.75. The summed E-state index contributed by atoms with van der Waals surface area (Å²) in [6.45, 7) is 0. The van der Waals surface area contributed by atoms with Crippen LogP contribution in [0.3, 0.4) is 0 Å². The Kier molecular flexibility index (Phi) is 2.35. The minimum absolute atomic E-state index is 0.321. The van der Waals surface area contributed by atoms with E-state index < -0.39 is 0 Å². The molecule has 0 bridgehead atoms. The van der Waals surface area contributed by atoms with E-state index in [1.807, 2.05) is 5.38 Å². The van der Waals surface area contributed by atoms with Crippen LogP contribution in [0.25, 0.3) is 0 Å². The van der Waals surface area contributed by atoms with E-state index in [-0.39, 0.29) is 6.04 Å². The highest BCUT2D eigenvalue weighted by molar-refractivity contribution is 7.07. The van der Waals surface area contributed by atoms with Gasteiger partial charge in [-0.2, -0.15) is 0 Å². The van der Waals surface area contributed by atoms with Gasteiger partial charge in [-0.3, -0.25) is 0 Å². The van der Waals surface area contributed by atoms with Gasteiger partial charge in [-0.1, -0.05) is 0 Å². The highest BCUT2D eigenvalue weighted by Crippen LogP contribution is 2.23. The normalized spacial score (nSPS) is 13.1. The fourth-order valence-corrected chi connectivity index (χ4v) is 1.76. The van der Waals surface area contributed by atoms with Crippen molar-refractivity contribution in [1.82, 2.24) is 4.98 Å². The predicted octanol–water partition coefficient (Wildman–Crippen LogP) is 2.44. The Balaban J connectivity index is 2.28. The molecule has 2 heterocycles. The molecule has 2 rings (SSSR count). The van der Waals surface area contributed by atoms with Crippen LogP contribution in [0.15, 0.2) is 27.4 Å². The lowest BCUT2D eigenvalue weighted by molar-refractivity contribution is 0.489. The van der Waals surface area contributed by atoms with Crippen molar-refractivity contribution in [2.75, 3.05) is 0 Å². The number of halogens is 1. The van der Waals surface area contributed by atoms with Crippen LogP contribution in [0.1, 0.15) is 17.5 Å². The molecule has 68 valence electrons. The van der Waals surface area contributed by atoms with Crippen LogP contribution in [0.4, 0.5) is 0 Å². The second-order valence-corrected chi connectivity index (χ2v) is 3.62. The highest BCUT2D eigenvalue weighted by Gasteiger charge is 2.14. The molecule has 0 amide bonds. The quantitative estimate of drug-likeness (QED) is 0.836. The van der Waals surface area contributed by atoms with Gasteiger partial charge < -0.3 is 10.2 Å². The van der Waals surface area contributed by atoms with Crippen molar-refractivity contribution >= 4 is 22.9 Å². The number of thiazole rings is 1. The van der Waals surface area contributed by atoms with Crippen LogP contribution < -0.4 is 5.73 Å². The summed E-state index contributed by atoms with van der Waals surface area (Å²) in [4.78, 5) is 4.09. The molecule has 0 fully saturated rings. The molecule has 0 saturated heterocycles. The summed E-state index contributed by atoms with van der Waals surface area (Å²) >= 11 is 7.13. The van der Waals surface area contributed by atoms with Gasteiger partial charge in [0.1, 0.15) is 11.8 Å². The first-order valence-electron chi connectivity index (χ1n) is 3.66. The van der Waals surface area contributed by atoms with Crippen LogP contribution in [-0.2, 0) is 0 Å². The lowest BCUT2D eigenvalue weighted by atomic mass is 10.2. The molecule has 1 atom stereocenters. The van der Waals surface area contributed by atoms with E-state index in [0.29, 0.717) is 11.0 Å². The smallest absolute Gasteiger partial charge is 0.193 e. The summed E-state index contributed by atoms with van der Waals surface area (Å²) in [5, 5.41) is 2.24. The van der Waals surface area contributed by atoms with Gasteiger partial charge in [-0.15, -0.1) is 11.3 Å². The molecule has 0 saturated carbocycles. The summed E-state index contributed by atoms with van der Waals surface area (Å²) in [5.74, 6) is 0.635. The second-order valence-electron chi connectivity index (χ2n) is 2.53. The molecule has 0 aliphatic rings. The predicted molar refractivity (Wildman–Crippen MR) is 51.9 cm³/mol. The number of hydrogen-bond donors (Lipinski definition) is 1. The molecule has 0 aliphatic carbocycles.